The van der Waals surface area contributed by atoms with E-state index in [1.54, 1.807) is 11.8 Å². The van der Waals surface area contributed by atoms with Crippen LogP contribution in [0.3, 0.4) is 0 Å². The standard InChI is InChI=1S/C9H17NO2S/c1-13-6-4-9(12)10-5-2-3-8(10)7-11/h8,11H,2-7H2,1H3. The van der Waals surface area contributed by atoms with Crippen molar-refractivity contribution in [2.45, 2.75) is 25.3 Å². The zero-order chi connectivity index (χ0) is 9.68. The largest absolute Gasteiger partial charge is 0.394 e. The Kier molecular flexibility index (Phi) is 4.59. The number of carbonyl (C=O) groups excluding carboxylic acids is 1. The molecule has 1 N–H and O–H groups in total. The normalized spacial score (nSPS) is 22.3. The molecule has 0 aromatic carbocycles. The molecule has 76 valence electrons. The highest BCUT2D eigenvalue weighted by Crippen LogP contribution is 2.17. The van der Waals surface area contributed by atoms with E-state index in [0.29, 0.717) is 6.42 Å². The molecule has 4 heteroatoms. The molecule has 13 heavy (non-hydrogen) atoms. The first-order valence-electron chi connectivity index (χ1n) is 4.69. The average molecular weight is 203 g/mol. The zero-order valence-corrected chi connectivity index (χ0v) is 8.85. The monoisotopic (exact) mass is 203 g/mol. The van der Waals surface area contributed by atoms with Gasteiger partial charge in [0.05, 0.1) is 12.6 Å². The van der Waals surface area contributed by atoms with Crippen LogP contribution < -0.4 is 0 Å². The van der Waals surface area contributed by atoms with Gasteiger partial charge >= 0.3 is 0 Å². The molecule has 1 fully saturated rings. The summed E-state index contributed by atoms with van der Waals surface area (Å²) in [6.45, 7) is 0.948. The van der Waals surface area contributed by atoms with Crippen molar-refractivity contribution >= 4 is 17.7 Å². The molecule has 0 bridgehead atoms. The minimum atomic E-state index is 0.0920. The Morgan fingerprint density at radius 2 is 2.46 bits per heavy atom. The van der Waals surface area contributed by atoms with Gasteiger partial charge in [-0.05, 0) is 19.1 Å². The van der Waals surface area contributed by atoms with Crippen molar-refractivity contribution in [1.82, 2.24) is 4.90 Å². The minimum absolute atomic E-state index is 0.0920. The second kappa shape index (κ2) is 5.50. The lowest BCUT2D eigenvalue weighted by atomic mass is 10.2. The minimum Gasteiger partial charge on any atom is -0.394 e. The molecular formula is C9H17NO2S. The predicted molar refractivity (Wildman–Crippen MR) is 54.8 cm³/mol. The van der Waals surface area contributed by atoms with E-state index >= 15 is 0 Å². The number of aliphatic hydroxyl groups is 1. The summed E-state index contributed by atoms with van der Waals surface area (Å²) in [7, 11) is 0. The molecule has 0 radical (unpaired) electrons. The maximum atomic E-state index is 11.6. The van der Waals surface area contributed by atoms with E-state index in [1.807, 2.05) is 11.2 Å². The molecule has 0 spiro atoms. The van der Waals surface area contributed by atoms with Crippen LogP contribution in [0, 0.1) is 0 Å². The number of rotatable bonds is 4. The van der Waals surface area contributed by atoms with Gasteiger partial charge in [0.25, 0.3) is 0 Å². The van der Waals surface area contributed by atoms with Crippen molar-refractivity contribution in [2.75, 3.05) is 25.2 Å². The summed E-state index contributed by atoms with van der Waals surface area (Å²) < 4.78 is 0. The van der Waals surface area contributed by atoms with Crippen LogP contribution in [0.2, 0.25) is 0 Å². The number of hydrogen-bond acceptors (Lipinski definition) is 3. The van der Waals surface area contributed by atoms with E-state index in [1.165, 1.54) is 0 Å². The predicted octanol–water partition coefficient (Wildman–Crippen LogP) is 0.723. The molecule has 1 aliphatic rings. The Morgan fingerprint density at radius 1 is 1.69 bits per heavy atom. The number of aliphatic hydroxyl groups excluding tert-OH is 1. The third-order valence-electron chi connectivity index (χ3n) is 2.43. The Morgan fingerprint density at radius 3 is 3.08 bits per heavy atom. The van der Waals surface area contributed by atoms with Crippen molar-refractivity contribution in [2.24, 2.45) is 0 Å². The fourth-order valence-electron chi connectivity index (χ4n) is 1.69. The second-order valence-corrected chi connectivity index (χ2v) is 4.29. The van der Waals surface area contributed by atoms with Crippen LogP contribution in [-0.2, 0) is 4.79 Å². The Bertz CT molecular complexity index is 175. The molecule has 3 nitrogen and oxygen atoms in total. The van der Waals surface area contributed by atoms with Gasteiger partial charge < -0.3 is 10.0 Å². The van der Waals surface area contributed by atoms with Crippen molar-refractivity contribution in [1.29, 1.82) is 0 Å². The van der Waals surface area contributed by atoms with Crippen LogP contribution in [0.15, 0.2) is 0 Å². The number of hydrogen-bond donors (Lipinski definition) is 1. The fourth-order valence-corrected chi connectivity index (χ4v) is 2.07. The first kappa shape index (κ1) is 10.9. The van der Waals surface area contributed by atoms with Crippen molar-refractivity contribution in [3.63, 3.8) is 0 Å². The third-order valence-corrected chi connectivity index (χ3v) is 3.04. The number of likely N-dealkylation sites (tertiary alicyclic amines) is 1. The fraction of sp³-hybridized carbons (Fsp3) is 0.889. The maximum Gasteiger partial charge on any atom is 0.223 e. The SMILES string of the molecule is CSCCC(=O)N1CCCC1CO. The summed E-state index contributed by atoms with van der Waals surface area (Å²) in [5.41, 5.74) is 0. The van der Waals surface area contributed by atoms with E-state index in [-0.39, 0.29) is 18.6 Å². The third kappa shape index (κ3) is 2.88. The van der Waals surface area contributed by atoms with Gasteiger partial charge in [-0.1, -0.05) is 0 Å². The summed E-state index contributed by atoms with van der Waals surface area (Å²) in [6, 6.07) is 0.0920. The number of amides is 1. The Labute approximate surface area is 83.5 Å². The van der Waals surface area contributed by atoms with Crippen molar-refractivity contribution < 1.29 is 9.90 Å². The van der Waals surface area contributed by atoms with Crippen LogP contribution in [0.5, 0.6) is 0 Å². The molecule has 1 saturated heterocycles. The first-order chi connectivity index (χ1) is 6.29. The van der Waals surface area contributed by atoms with Crippen LogP contribution in [0.1, 0.15) is 19.3 Å². The summed E-state index contributed by atoms with van der Waals surface area (Å²) in [5.74, 6) is 1.08. The van der Waals surface area contributed by atoms with Crippen LogP contribution in [0.25, 0.3) is 0 Å². The van der Waals surface area contributed by atoms with Gasteiger partial charge in [-0.15, -0.1) is 0 Å². The van der Waals surface area contributed by atoms with Gasteiger partial charge in [0, 0.05) is 18.7 Å². The van der Waals surface area contributed by atoms with Crippen LogP contribution in [0.4, 0.5) is 0 Å². The van der Waals surface area contributed by atoms with Gasteiger partial charge in [-0.25, -0.2) is 0 Å². The van der Waals surface area contributed by atoms with Gasteiger partial charge in [0.2, 0.25) is 5.91 Å². The molecule has 1 amide bonds. The Balaban J connectivity index is 2.36. The topological polar surface area (TPSA) is 40.5 Å². The molecule has 0 aromatic heterocycles. The van der Waals surface area contributed by atoms with E-state index in [4.69, 9.17) is 5.11 Å². The van der Waals surface area contributed by atoms with Crippen molar-refractivity contribution in [3.8, 4) is 0 Å². The lowest BCUT2D eigenvalue weighted by Crippen LogP contribution is -2.37. The molecule has 0 aromatic rings. The van der Waals surface area contributed by atoms with Gasteiger partial charge in [-0.3, -0.25) is 4.79 Å². The van der Waals surface area contributed by atoms with Crippen LogP contribution >= 0.6 is 11.8 Å². The highest BCUT2D eigenvalue weighted by Gasteiger charge is 2.27. The quantitative estimate of drug-likeness (QED) is 0.732. The maximum absolute atomic E-state index is 11.6. The van der Waals surface area contributed by atoms with Gasteiger partial charge in [0.1, 0.15) is 0 Å². The number of thioether (sulfide) groups is 1. The smallest absolute Gasteiger partial charge is 0.223 e. The molecule has 1 atom stereocenters. The van der Waals surface area contributed by atoms with Crippen LogP contribution in [-0.4, -0.2) is 47.1 Å². The molecule has 1 unspecified atom stereocenters. The Hall–Kier alpha value is -0.220. The van der Waals surface area contributed by atoms with E-state index in [2.05, 4.69) is 0 Å². The molecular weight excluding hydrogens is 186 g/mol. The highest BCUT2D eigenvalue weighted by molar-refractivity contribution is 7.98. The van der Waals surface area contributed by atoms with Gasteiger partial charge in [-0.2, -0.15) is 11.8 Å². The van der Waals surface area contributed by atoms with E-state index < -0.39 is 0 Å². The summed E-state index contributed by atoms with van der Waals surface area (Å²) in [6.07, 6.45) is 4.61. The first-order valence-corrected chi connectivity index (χ1v) is 6.08. The second-order valence-electron chi connectivity index (χ2n) is 3.31. The number of carbonyl (C=O) groups is 1. The lowest BCUT2D eigenvalue weighted by molar-refractivity contribution is -0.132. The average Bonchev–Trinajstić information content (AvgIpc) is 2.61. The molecule has 0 aliphatic carbocycles. The molecule has 1 heterocycles. The van der Waals surface area contributed by atoms with Gasteiger partial charge in [0.15, 0.2) is 0 Å². The molecule has 0 saturated carbocycles. The van der Waals surface area contributed by atoms with E-state index in [9.17, 15) is 4.79 Å². The lowest BCUT2D eigenvalue weighted by Gasteiger charge is -2.22. The van der Waals surface area contributed by atoms with Crippen molar-refractivity contribution in [3.05, 3.63) is 0 Å². The molecule has 1 aliphatic heterocycles. The highest BCUT2D eigenvalue weighted by atomic mass is 32.2. The summed E-state index contributed by atoms with van der Waals surface area (Å²) in [5, 5.41) is 9.01. The number of nitrogens with zero attached hydrogens (tertiary/aromatic N) is 1. The summed E-state index contributed by atoms with van der Waals surface area (Å²) in [4.78, 5) is 13.4. The summed E-state index contributed by atoms with van der Waals surface area (Å²) >= 11 is 1.69. The zero-order valence-electron chi connectivity index (χ0n) is 8.03. The van der Waals surface area contributed by atoms with E-state index in [0.717, 1.165) is 25.1 Å². The molecule has 1 rings (SSSR count).